The third kappa shape index (κ3) is 3.36. The van der Waals surface area contributed by atoms with Crippen molar-refractivity contribution in [2.24, 2.45) is 11.8 Å². The molecule has 1 aliphatic heterocycles. The number of aliphatic hydroxyl groups is 1. The molecule has 5 heteroatoms. The van der Waals surface area contributed by atoms with Gasteiger partial charge < -0.3 is 10.00 Å². The number of fused-ring (bicyclic) bond motifs is 1. The molecule has 0 aromatic heterocycles. The molecule has 2 aliphatic rings. The highest BCUT2D eigenvalue weighted by molar-refractivity contribution is 7.62. The minimum atomic E-state index is -3.19. The van der Waals surface area contributed by atoms with Gasteiger partial charge in [-0.1, -0.05) is 43.7 Å². The van der Waals surface area contributed by atoms with Gasteiger partial charge in [-0.3, -0.25) is 0 Å². The Kier molecular flexibility index (Phi) is 5.82. The van der Waals surface area contributed by atoms with E-state index in [2.05, 4.69) is 25.4 Å². The number of hydrogen-bond donors (Lipinski definition) is 1. The van der Waals surface area contributed by atoms with Gasteiger partial charge in [-0.25, -0.2) is 4.52 Å². The van der Waals surface area contributed by atoms with Crippen LogP contribution in [0.1, 0.15) is 65.5 Å². The maximum atomic E-state index is 14.2. The monoisotopic (exact) mass is 379 g/mol. The zero-order valence-corrected chi connectivity index (χ0v) is 17.7. The summed E-state index contributed by atoms with van der Waals surface area (Å²) in [6.45, 7) is 11.3. The Morgan fingerprint density at radius 2 is 1.96 bits per heavy atom. The van der Waals surface area contributed by atoms with Crippen LogP contribution in [0.4, 0.5) is 0 Å². The third-order valence-electron chi connectivity index (χ3n) is 6.66. The van der Waals surface area contributed by atoms with Crippen molar-refractivity contribution in [2.45, 2.75) is 77.3 Å². The van der Waals surface area contributed by atoms with Crippen LogP contribution in [-0.2, 0) is 4.52 Å². The molecular weight excluding hydrogens is 345 g/mol. The Morgan fingerprint density at radius 3 is 2.58 bits per heavy atom. The molecule has 1 heterocycles. The summed E-state index contributed by atoms with van der Waals surface area (Å²) in [4.78, 5) is 14.2. The van der Waals surface area contributed by atoms with E-state index in [-0.39, 0.29) is 11.6 Å². The van der Waals surface area contributed by atoms with Crippen molar-refractivity contribution < 1.29 is 14.5 Å². The second kappa shape index (κ2) is 7.48. The van der Waals surface area contributed by atoms with Gasteiger partial charge in [0, 0.05) is 12.5 Å². The van der Waals surface area contributed by atoms with Crippen LogP contribution in [0.3, 0.4) is 0 Å². The van der Waals surface area contributed by atoms with Gasteiger partial charge in [0.25, 0.3) is 0 Å². The summed E-state index contributed by atoms with van der Waals surface area (Å²) in [5, 5.41) is 11.0. The molecule has 3 rings (SSSR count). The molecule has 0 spiro atoms. The van der Waals surface area contributed by atoms with Crippen molar-refractivity contribution in [2.75, 3.05) is 6.54 Å². The van der Waals surface area contributed by atoms with Crippen molar-refractivity contribution in [3.63, 3.8) is 0 Å². The first-order valence-electron chi connectivity index (χ1n) is 10.0. The molecule has 4 nitrogen and oxygen atoms in total. The average Bonchev–Trinajstić information content (AvgIpc) is 2.60. The molecular formula is C21H34NO3P. The average molecular weight is 379 g/mol. The summed E-state index contributed by atoms with van der Waals surface area (Å²) in [6, 6.07) is 9.52. The second-order valence-electron chi connectivity index (χ2n) is 8.70. The van der Waals surface area contributed by atoms with E-state index in [0.29, 0.717) is 18.4 Å². The van der Waals surface area contributed by atoms with Crippen molar-refractivity contribution >= 4 is 7.87 Å². The topological polar surface area (TPSA) is 55.8 Å². The lowest BCUT2D eigenvalue weighted by Crippen LogP contribution is -2.62. The Bertz CT molecular complexity index is 611. The summed E-state index contributed by atoms with van der Waals surface area (Å²) in [5.74, 6) is 0.991. The first kappa shape index (κ1) is 20.2. The van der Waals surface area contributed by atoms with E-state index in [9.17, 15) is 10.00 Å². The quantitative estimate of drug-likeness (QED) is 0.798. The van der Waals surface area contributed by atoms with E-state index in [1.807, 2.05) is 44.2 Å². The smallest absolute Gasteiger partial charge is 0.180 e. The standard InChI is InChI=1S/C21H34NO3P/c1-6-22-21(4,5)18-13-12-15(2)14-19(18)25-26(22,24)16(3)20(23)17-10-8-7-9-11-17/h7-11,15-16,18-20,23H,6,12-14H2,1-5H3/t15-,16-,18-,19-,20+,26?/m1/s1. The van der Waals surface area contributed by atoms with Crippen LogP contribution in [0.5, 0.6) is 0 Å². The van der Waals surface area contributed by atoms with Crippen molar-refractivity contribution in [1.29, 1.82) is 0 Å². The number of benzene rings is 1. The predicted octanol–water partition coefficient (Wildman–Crippen LogP) is 4.17. The Balaban J connectivity index is 1.94. The fourth-order valence-corrected chi connectivity index (χ4v) is 8.24. The lowest BCUT2D eigenvalue weighted by molar-refractivity contribution is -0.239. The van der Waals surface area contributed by atoms with Gasteiger partial charge >= 0.3 is 0 Å². The van der Waals surface area contributed by atoms with E-state index in [0.717, 1.165) is 18.4 Å². The van der Waals surface area contributed by atoms with Gasteiger partial charge in [0.05, 0.1) is 5.54 Å². The number of aliphatic hydroxyl groups excluding tert-OH is 1. The summed E-state index contributed by atoms with van der Waals surface area (Å²) in [5.41, 5.74) is 0.131. The van der Waals surface area contributed by atoms with Gasteiger partial charge in [-0.05, 0) is 52.0 Å². The van der Waals surface area contributed by atoms with Crippen LogP contribution in [-0.4, -0.2) is 33.6 Å². The molecule has 146 valence electrons. The molecule has 0 amide bonds. The zero-order valence-electron chi connectivity index (χ0n) is 16.8. The molecule has 26 heavy (non-hydrogen) atoms. The lowest BCUT2D eigenvalue weighted by atomic mass is 9.71. The van der Waals surface area contributed by atoms with E-state index in [4.69, 9.17) is 4.52 Å². The van der Waals surface area contributed by atoms with Crippen molar-refractivity contribution in [3.8, 4) is 0 Å². The molecule has 1 aliphatic carbocycles. The Morgan fingerprint density at radius 1 is 1.31 bits per heavy atom. The largest absolute Gasteiger partial charge is 0.641 e. The van der Waals surface area contributed by atoms with Crippen LogP contribution in [0, 0.1) is 11.8 Å². The number of rotatable bonds is 4. The molecule has 2 fully saturated rings. The molecule has 1 saturated carbocycles. The second-order valence-corrected chi connectivity index (χ2v) is 11.3. The Hall–Kier alpha value is -0.510. The molecule has 1 N–H and O–H groups in total. The van der Waals surface area contributed by atoms with Crippen LogP contribution >= 0.6 is 7.87 Å². The van der Waals surface area contributed by atoms with Gasteiger partial charge in [-0.15, -0.1) is 0 Å². The Labute approximate surface area is 159 Å². The highest BCUT2D eigenvalue weighted by atomic mass is 31.2. The number of hydrogen-bond acceptors (Lipinski definition) is 4. The summed E-state index contributed by atoms with van der Waals surface area (Å²) < 4.78 is 8.48. The van der Waals surface area contributed by atoms with E-state index < -0.39 is 19.6 Å². The van der Waals surface area contributed by atoms with Gasteiger partial charge in [0.2, 0.25) is 0 Å². The molecule has 0 radical (unpaired) electrons. The lowest BCUT2D eigenvalue weighted by Gasteiger charge is -2.59. The summed E-state index contributed by atoms with van der Waals surface area (Å²) >= 11 is 0. The van der Waals surface area contributed by atoms with E-state index in [1.165, 1.54) is 6.42 Å². The van der Waals surface area contributed by atoms with Crippen LogP contribution in [0.15, 0.2) is 30.3 Å². The van der Waals surface area contributed by atoms with Crippen LogP contribution in [0.2, 0.25) is 0 Å². The molecule has 1 aromatic rings. The highest BCUT2D eigenvalue weighted by Crippen LogP contribution is 2.70. The van der Waals surface area contributed by atoms with Gasteiger partial charge in [-0.2, -0.15) is 4.67 Å². The minimum absolute atomic E-state index is 0.0211. The minimum Gasteiger partial charge on any atom is -0.641 e. The van der Waals surface area contributed by atoms with E-state index >= 15 is 0 Å². The van der Waals surface area contributed by atoms with Gasteiger partial charge in [0.1, 0.15) is 17.9 Å². The molecule has 1 aromatic carbocycles. The molecule has 0 bridgehead atoms. The zero-order chi connectivity index (χ0) is 19.1. The summed E-state index contributed by atoms with van der Waals surface area (Å²) in [7, 11) is -3.19. The number of nitrogens with zero attached hydrogens (tertiary/aromatic N) is 1. The SMILES string of the molecule is CCN1C(C)(C)[C@@H]2CC[C@@H](C)C[C@H]2O[P+]1([O-])[C@H](C)[C@H](O)c1ccccc1. The fraction of sp³-hybridized carbons (Fsp3) is 0.714. The maximum absolute atomic E-state index is 14.2. The summed E-state index contributed by atoms with van der Waals surface area (Å²) in [6.07, 6.45) is 2.50. The molecule has 6 atom stereocenters. The van der Waals surface area contributed by atoms with Crippen molar-refractivity contribution in [1.82, 2.24) is 4.67 Å². The first-order valence-corrected chi connectivity index (χ1v) is 11.7. The van der Waals surface area contributed by atoms with Crippen molar-refractivity contribution in [3.05, 3.63) is 35.9 Å². The normalized spacial score (nSPS) is 37.0. The van der Waals surface area contributed by atoms with E-state index in [1.54, 1.807) is 0 Å². The fourth-order valence-electron chi connectivity index (χ4n) is 5.08. The highest BCUT2D eigenvalue weighted by Gasteiger charge is 2.61. The third-order valence-corrected chi connectivity index (χ3v) is 10.0. The first-order chi connectivity index (χ1) is 12.2. The maximum Gasteiger partial charge on any atom is 0.180 e. The van der Waals surface area contributed by atoms with Crippen LogP contribution in [0.25, 0.3) is 0 Å². The van der Waals surface area contributed by atoms with Gasteiger partial charge in [0.15, 0.2) is 7.87 Å². The van der Waals surface area contributed by atoms with Crippen LogP contribution < -0.4 is 4.89 Å². The molecule has 1 saturated heterocycles. The predicted molar refractivity (Wildman–Crippen MR) is 106 cm³/mol. The molecule has 1 unspecified atom stereocenters.